The Kier molecular flexibility index (Phi) is 5.64. The van der Waals surface area contributed by atoms with Crippen molar-refractivity contribution in [2.24, 2.45) is 0 Å². The highest BCUT2D eigenvalue weighted by Gasteiger charge is 2.16. The zero-order valence-electron chi connectivity index (χ0n) is 12.3. The summed E-state index contributed by atoms with van der Waals surface area (Å²) < 4.78 is 12.3. The first kappa shape index (κ1) is 15.5. The molecule has 0 radical (unpaired) electrons. The van der Waals surface area contributed by atoms with Gasteiger partial charge in [-0.3, -0.25) is 0 Å². The molecule has 0 aliphatic rings. The summed E-state index contributed by atoms with van der Waals surface area (Å²) in [6, 6.07) is 8.71. The summed E-state index contributed by atoms with van der Waals surface area (Å²) in [6.07, 6.45) is 2.24. The van der Waals surface area contributed by atoms with Crippen LogP contribution in [0.25, 0.3) is 11.0 Å². The Morgan fingerprint density at radius 3 is 2.85 bits per heavy atom. The number of methoxy groups -OCH3 is 1. The third-order valence-electron chi connectivity index (χ3n) is 3.41. The van der Waals surface area contributed by atoms with Crippen LogP contribution in [0.4, 0.5) is 0 Å². The highest BCUT2D eigenvalue weighted by Crippen LogP contribution is 2.26. The van der Waals surface area contributed by atoms with E-state index in [0.717, 1.165) is 40.7 Å². The number of fused-ring (bicyclic) bond motifs is 1. The molecule has 20 heavy (non-hydrogen) atoms. The number of nitrogens with one attached hydrogen (secondary N) is 1. The van der Waals surface area contributed by atoms with Gasteiger partial charge in [-0.25, -0.2) is 0 Å². The lowest BCUT2D eigenvalue weighted by Gasteiger charge is -2.21. The number of benzene rings is 1. The van der Waals surface area contributed by atoms with E-state index in [2.05, 4.69) is 47.2 Å². The van der Waals surface area contributed by atoms with Crippen LogP contribution >= 0.6 is 15.9 Å². The topological polar surface area (TPSA) is 34.4 Å². The van der Waals surface area contributed by atoms with E-state index in [9.17, 15) is 0 Å². The van der Waals surface area contributed by atoms with Gasteiger partial charge in [-0.15, -0.1) is 0 Å². The van der Waals surface area contributed by atoms with Gasteiger partial charge in [0.05, 0.1) is 12.6 Å². The maximum absolute atomic E-state index is 5.92. The fraction of sp³-hybridized carbons (Fsp3) is 0.500. The summed E-state index contributed by atoms with van der Waals surface area (Å²) in [5.74, 6) is 0.968. The van der Waals surface area contributed by atoms with Gasteiger partial charge in [-0.2, -0.15) is 0 Å². The van der Waals surface area contributed by atoms with E-state index < -0.39 is 0 Å². The summed E-state index contributed by atoms with van der Waals surface area (Å²) in [5, 5.41) is 4.71. The lowest BCUT2D eigenvalue weighted by Crippen LogP contribution is -2.34. The zero-order chi connectivity index (χ0) is 14.5. The van der Waals surface area contributed by atoms with Gasteiger partial charge in [0.15, 0.2) is 0 Å². The SMILES string of the molecule is CCCC(COC)NC(C)c1cc2cc(Br)ccc2o1. The molecule has 0 aliphatic carbocycles. The lowest BCUT2D eigenvalue weighted by atomic mass is 10.1. The summed E-state index contributed by atoms with van der Waals surface area (Å²) >= 11 is 3.49. The number of rotatable bonds is 7. The highest BCUT2D eigenvalue weighted by atomic mass is 79.9. The number of halogens is 1. The van der Waals surface area contributed by atoms with Gasteiger partial charge >= 0.3 is 0 Å². The van der Waals surface area contributed by atoms with E-state index >= 15 is 0 Å². The van der Waals surface area contributed by atoms with E-state index in [1.165, 1.54) is 0 Å². The van der Waals surface area contributed by atoms with Gasteiger partial charge in [0.2, 0.25) is 0 Å². The molecular weight excluding hydrogens is 318 g/mol. The van der Waals surface area contributed by atoms with Crippen LogP contribution < -0.4 is 5.32 Å². The van der Waals surface area contributed by atoms with Gasteiger partial charge in [-0.05, 0) is 37.6 Å². The van der Waals surface area contributed by atoms with E-state index in [4.69, 9.17) is 9.15 Å². The van der Waals surface area contributed by atoms with E-state index in [1.54, 1.807) is 7.11 Å². The molecule has 0 fully saturated rings. The third kappa shape index (κ3) is 3.84. The second-order valence-electron chi connectivity index (χ2n) is 5.16. The Morgan fingerprint density at radius 2 is 2.15 bits per heavy atom. The van der Waals surface area contributed by atoms with Gasteiger partial charge < -0.3 is 14.5 Å². The Hall–Kier alpha value is -0.840. The number of ether oxygens (including phenoxy) is 1. The fourth-order valence-corrected chi connectivity index (χ4v) is 2.83. The van der Waals surface area contributed by atoms with Gasteiger partial charge in [0, 0.05) is 23.0 Å². The maximum atomic E-state index is 5.92. The minimum atomic E-state index is 0.174. The van der Waals surface area contributed by atoms with Crippen molar-refractivity contribution in [1.82, 2.24) is 5.32 Å². The highest BCUT2D eigenvalue weighted by molar-refractivity contribution is 9.10. The van der Waals surface area contributed by atoms with Crippen LogP contribution in [0, 0.1) is 0 Å². The van der Waals surface area contributed by atoms with Gasteiger partial charge in [-0.1, -0.05) is 29.3 Å². The first-order chi connectivity index (χ1) is 9.63. The van der Waals surface area contributed by atoms with Crippen LogP contribution in [0.3, 0.4) is 0 Å². The molecule has 1 aromatic heterocycles. The number of furan rings is 1. The third-order valence-corrected chi connectivity index (χ3v) is 3.91. The predicted octanol–water partition coefficient (Wildman–Crippen LogP) is 4.66. The smallest absolute Gasteiger partial charge is 0.134 e. The van der Waals surface area contributed by atoms with E-state index in [1.807, 2.05) is 12.1 Å². The van der Waals surface area contributed by atoms with Crippen molar-refractivity contribution in [2.75, 3.05) is 13.7 Å². The lowest BCUT2D eigenvalue weighted by molar-refractivity contribution is 0.155. The first-order valence-electron chi connectivity index (χ1n) is 7.08. The van der Waals surface area contributed by atoms with Crippen LogP contribution in [0.15, 0.2) is 33.2 Å². The molecule has 4 heteroatoms. The molecule has 2 unspecified atom stereocenters. The van der Waals surface area contributed by atoms with Crippen molar-refractivity contribution < 1.29 is 9.15 Å². The molecule has 3 nitrogen and oxygen atoms in total. The molecule has 110 valence electrons. The molecule has 2 aromatic rings. The molecule has 2 atom stereocenters. The van der Waals surface area contributed by atoms with Crippen molar-refractivity contribution in [2.45, 2.75) is 38.8 Å². The predicted molar refractivity (Wildman–Crippen MR) is 86.0 cm³/mol. The molecule has 1 aromatic carbocycles. The maximum Gasteiger partial charge on any atom is 0.134 e. The monoisotopic (exact) mass is 339 g/mol. The molecule has 0 bridgehead atoms. The number of hydrogen-bond donors (Lipinski definition) is 1. The molecule has 0 aliphatic heterocycles. The van der Waals surface area contributed by atoms with Crippen LogP contribution in [-0.4, -0.2) is 19.8 Å². The van der Waals surface area contributed by atoms with Crippen molar-refractivity contribution in [3.05, 3.63) is 34.5 Å². The van der Waals surface area contributed by atoms with Crippen LogP contribution in [0.1, 0.15) is 38.5 Å². The molecule has 1 N–H and O–H groups in total. The summed E-state index contributed by atoms with van der Waals surface area (Å²) in [5.41, 5.74) is 0.927. The minimum absolute atomic E-state index is 0.174. The second kappa shape index (κ2) is 7.25. The molecular formula is C16H22BrNO2. The molecule has 0 spiro atoms. The molecule has 0 amide bonds. The molecule has 0 saturated carbocycles. The Labute approximate surface area is 128 Å². The van der Waals surface area contributed by atoms with E-state index in [0.29, 0.717) is 6.04 Å². The fourth-order valence-electron chi connectivity index (χ4n) is 2.45. The Balaban J connectivity index is 2.11. The summed E-state index contributed by atoms with van der Waals surface area (Å²) in [7, 11) is 1.74. The van der Waals surface area contributed by atoms with Crippen molar-refractivity contribution in [1.29, 1.82) is 0 Å². The van der Waals surface area contributed by atoms with E-state index in [-0.39, 0.29) is 6.04 Å². The average Bonchev–Trinajstić information content (AvgIpc) is 2.82. The molecule has 0 saturated heterocycles. The largest absolute Gasteiger partial charge is 0.459 e. The summed E-state index contributed by atoms with van der Waals surface area (Å²) in [4.78, 5) is 0. The Morgan fingerprint density at radius 1 is 1.35 bits per heavy atom. The number of hydrogen-bond acceptors (Lipinski definition) is 3. The van der Waals surface area contributed by atoms with Gasteiger partial charge in [0.1, 0.15) is 11.3 Å². The second-order valence-corrected chi connectivity index (χ2v) is 6.08. The average molecular weight is 340 g/mol. The van der Waals surface area contributed by atoms with Crippen LogP contribution in [0.5, 0.6) is 0 Å². The summed E-state index contributed by atoms with van der Waals surface area (Å²) in [6.45, 7) is 5.04. The standard InChI is InChI=1S/C16H22BrNO2/c1-4-5-14(10-19-3)18-11(2)16-9-12-8-13(17)6-7-15(12)20-16/h6-9,11,14,18H,4-5,10H2,1-3H3. The quantitative estimate of drug-likeness (QED) is 0.796. The minimum Gasteiger partial charge on any atom is -0.459 e. The van der Waals surface area contributed by atoms with Crippen LogP contribution in [0.2, 0.25) is 0 Å². The van der Waals surface area contributed by atoms with Crippen molar-refractivity contribution in [3.63, 3.8) is 0 Å². The van der Waals surface area contributed by atoms with Gasteiger partial charge in [0.25, 0.3) is 0 Å². The Bertz CT molecular complexity index is 546. The van der Waals surface area contributed by atoms with Crippen LogP contribution in [-0.2, 0) is 4.74 Å². The normalized spacial score (nSPS) is 14.6. The molecule has 1 heterocycles. The first-order valence-corrected chi connectivity index (χ1v) is 7.87. The molecule has 2 rings (SSSR count). The van der Waals surface area contributed by atoms with Crippen molar-refractivity contribution >= 4 is 26.9 Å². The van der Waals surface area contributed by atoms with Crippen molar-refractivity contribution in [3.8, 4) is 0 Å². The zero-order valence-corrected chi connectivity index (χ0v) is 13.9.